The van der Waals surface area contributed by atoms with Crippen molar-refractivity contribution in [3.05, 3.63) is 22.8 Å². The van der Waals surface area contributed by atoms with Crippen LogP contribution in [0.5, 0.6) is 0 Å². The zero-order chi connectivity index (χ0) is 11.4. The summed E-state index contributed by atoms with van der Waals surface area (Å²) in [5.74, 6) is 1.02. The Morgan fingerprint density at radius 3 is 3.06 bits per heavy atom. The highest BCUT2D eigenvalue weighted by Crippen LogP contribution is 2.19. The van der Waals surface area contributed by atoms with Crippen LogP contribution in [0.25, 0.3) is 0 Å². The average Bonchev–Trinajstić information content (AvgIpc) is 2.78. The number of hydrogen-bond acceptors (Lipinski definition) is 3. The SMILES string of the molecule is CCN(CC1CCCO1)c1cccc(Br)n1. The molecule has 1 aliphatic rings. The molecule has 0 spiro atoms. The van der Waals surface area contributed by atoms with Gasteiger partial charge in [-0.1, -0.05) is 6.07 Å². The van der Waals surface area contributed by atoms with E-state index in [-0.39, 0.29) is 0 Å². The van der Waals surface area contributed by atoms with Gasteiger partial charge in [-0.2, -0.15) is 0 Å². The monoisotopic (exact) mass is 284 g/mol. The van der Waals surface area contributed by atoms with Crippen molar-refractivity contribution in [3.63, 3.8) is 0 Å². The number of hydrogen-bond donors (Lipinski definition) is 0. The van der Waals surface area contributed by atoms with E-state index in [1.54, 1.807) is 0 Å². The van der Waals surface area contributed by atoms with Crippen molar-refractivity contribution in [1.29, 1.82) is 0 Å². The number of halogens is 1. The van der Waals surface area contributed by atoms with Gasteiger partial charge in [-0.3, -0.25) is 0 Å². The third-order valence-electron chi connectivity index (χ3n) is 2.85. The van der Waals surface area contributed by atoms with Gasteiger partial charge in [0.15, 0.2) is 0 Å². The highest BCUT2D eigenvalue weighted by molar-refractivity contribution is 9.10. The Hall–Kier alpha value is -0.610. The van der Waals surface area contributed by atoms with Gasteiger partial charge in [0.1, 0.15) is 10.4 Å². The lowest BCUT2D eigenvalue weighted by Crippen LogP contribution is -2.32. The summed E-state index contributed by atoms with van der Waals surface area (Å²) >= 11 is 3.40. The van der Waals surface area contributed by atoms with Crippen LogP contribution in [0.3, 0.4) is 0 Å². The van der Waals surface area contributed by atoms with Crippen molar-refractivity contribution >= 4 is 21.7 Å². The summed E-state index contributed by atoms with van der Waals surface area (Å²) in [5.41, 5.74) is 0. The van der Waals surface area contributed by atoms with E-state index in [1.807, 2.05) is 18.2 Å². The number of rotatable bonds is 4. The van der Waals surface area contributed by atoms with Crippen LogP contribution in [0.2, 0.25) is 0 Å². The van der Waals surface area contributed by atoms with Gasteiger partial charge < -0.3 is 9.64 Å². The molecular formula is C12H17BrN2O. The first kappa shape index (κ1) is 11.9. The third kappa shape index (κ3) is 2.95. The zero-order valence-corrected chi connectivity index (χ0v) is 11.1. The molecule has 0 bridgehead atoms. The predicted octanol–water partition coefficient (Wildman–Crippen LogP) is 2.85. The number of anilines is 1. The predicted molar refractivity (Wildman–Crippen MR) is 68.8 cm³/mol. The quantitative estimate of drug-likeness (QED) is 0.795. The van der Waals surface area contributed by atoms with Crippen LogP contribution >= 0.6 is 15.9 Å². The van der Waals surface area contributed by atoms with Crippen LogP contribution in [0.1, 0.15) is 19.8 Å². The first-order valence-corrected chi connectivity index (χ1v) is 6.58. The molecule has 1 aromatic heterocycles. The summed E-state index contributed by atoms with van der Waals surface area (Å²) in [6, 6.07) is 6.01. The smallest absolute Gasteiger partial charge is 0.129 e. The topological polar surface area (TPSA) is 25.4 Å². The van der Waals surface area contributed by atoms with Gasteiger partial charge in [0.05, 0.1) is 6.10 Å². The van der Waals surface area contributed by atoms with Crippen molar-refractivity contribution in [2.24, 2.45) is 0 Å². The van der Waals surface area contributed by atoms with Crippen LogP contribution in [-0.2, 0) is 4.74 Å². The van der Waals surface area contributed by atoms with E-state index < -0.39 is 0 Å². The molecule has 1 aromatic rings. The fourth-order valence-electron chi connectivity index (χ4n) is 1.99. The molecule has 1 saturated heterocycles. The van der Waals surface area contributed by atoms with Gasteiger partial charge in [-0.05, 0) is 47.8 Å². The van der Waals surface area contributed by atoms with E-state index in [9.17, 15) is 0 Å². The fourth-order valence-corrected chi connectivity index (χ4v) is 2.33. The molecule has 0 radical (unpaired) electrons. The molecule has 1 atom stereocenters. The molecule has 0 aliphatic carbocycles. The van der Waals surface area contributed by atoms with Gasteiger partial charge in [-0.25, -0.2) is 4.98 Å². The summed E-state index contributed by atoms with van der Waals surface area (Å²) < 4.78 is 6.54. The van der Waals surface area contributed by atoms with E-state index in [0.29, 0.717) is 6.10 Å². The van der Waals surface area contributed by atoms with Crippen molar-refractivity contribution in [2.45, 2.75) is 25.9 Å². The van der Waals surface area contributed by atoms with E-state index in [1.165, 1.54) is 12.8 Å². The lowest BCUT2D eigenvalue weighted by molar-refractivity contribution is 0.115. The maximum absolute atomic E-state index is 5.66. The number of aromatic nitrogens is 1. The van der Waals surface area contributed by atoms with Crippen LogP contribution in [0.15, 0.2) is 22.8 Å². The number of nitrogens with zero attached hydrogens (tertiary/aromatic N) is 2. The lowest BCUT2D eigenvalue weighted by atomic mass is 10.2. The van der Waals surface area contributed by atoms with E-state index >= 15 is 0 Å². The van der Waals surface area contributed by atoms with Crippen LogP contribution in [-0.4, -0.2) is 30.8 Å². The van der Waals surface area contributed by atoms with Crippen molar-refractivity contribution in [1.82, 2.24) is 4.98 Å². The Kier molecular flexibility index (Phi) is 4.18. The van der Waals surface area contributed by atoms with Gasteiger partial charge in [0.25, 0.3) is 0 Å². The molecular weight excluding hydrogens is 268 g/mol. The van der Waals surface area contributed by atoms with Crippen LogP contribution in [0.4, 0.5) is 5.82 Å². The summed E-state index contributed by atoms with van der Waals surface area (Å²) in [7, 11) is 0. The molecule has 1 fully saturated rings. The second kappa shape index (κ2) is 5.64. The van der Waals surface area contributed by atoms with E-state index in [0.717, 1.165) is 30.1 Å². The summed E-state index contributed by atoms with van der Waals surface area (Å²) in [6.07, 6.45) is 2.74. The Bertz CT molecular complexity index is 340. The standard InChI is InChI=1S/C12H17BrN2O/c1-2-15(9-10-5-4-8-16-10)12-7-3-6-11(13)14-12/h3,6-7,10H,2,4-5,8-9H2,1H3. The molecule has 0 N–H and O–H groups in total. The molecule has 4 heteroatoms. The lowest BCUT2D eigenvalue weighted by Gasteiger charge is -2.24. The molecule has 1 unspecified atom stereocenters. The minimum atomic E-state index is 0.376. The maximum atomic E-state index is 5.66. The zero-order valence-electron chi connectivity index (χ0n) is 9.53. The summed E-state index contributed by atoms with van der Waals surface area (Å²) in [5, 5.41) is 0. The summed E-state index contributed by atoms with van der Waals surface area (Å²) in [4.78, 5) is 6.74. The normalized spacial score (nSPS) is 20.0. The minimum absolute atomic E-state index is 0.376. The second-order valence-corrected chi connectivity index (χ2v) is 4.80. The molecule has 1 aliphatic heterocycles. The Balaban J connectivity index is 2.03. The number of pyridine rings is 1. The molecule has 0 amide bonds. The largest absolute Gasteiger partial charge is 0.376 e. The molecule has 0 aromatic carbocycles. The van der Waals surface area contributed by atoms with Gasteiger partial charge in [0, 0.05) is 19.7 Å². The first-order chi connectivity index (χ1) is 7.79. The van der Waals surface area contributed by atoms with E-state index in [4.69, 9.17) is 4.74 Å². The molecule has 0 saturated carbocycles. The van der Waals surface area contributed by atoms with Gasteiger partial charge in [-0.15, -0.1) is 0 Å². The first-order valence-electron chi connectivity index (χ1n) is 5.78. The molecule has 88 valence electrons. The molecule has 16 heavy (non-hydrogen) atoms. The molecule has 2 heterocycles. The van der Waals surface area contributed by atoms with Crippen molar-refractivity contribution < 1.29 is 4.74 Å². The maximum Gasteiger partial charge on any atom is 0.129 e. The van der Waals surface area contributed by atoms with Crippen molar-refractivity contribution in [3.8, 4) is 0 Å². The number of ether oxygens (including phenoxy) is 1. The highest BCUT2D eigenvalue weighted by atomic mass is 79.9. The van der Waals surface area contributed by atoms with Gasteiger partial charge in [0.2, 0.25) is 0 Å². The van der Waals surface area contributed by atoms with Crippen LogP contribution in [0, 0.1) is 0 Å². The molecule has 2 rings (SSSR count). The summed E-state index contributed by atoms with van der Waals surface area (Å²) in [6.45, 7) is 4.97. The van der Waals surface area contributed by atoms with Crippen molar-refractivity contribution in [2.75, 3.05) is 24.6 Å². The van der Waals surface area contributed by atoms with E-state index in [2.05, 4.69) is 32.7 Å². The second-order valence-electron chi connectivity index (χ2n) is 3.99. The Morgan fingerprint density at radius 1 is 1.56 bits per heavy atom. The highest BCUT2D eigenvalue weighted by Gasteiger charge is 2.19. The Labute approximate surface area is 105 Å². The molecule has 3 nitrogen and oxygen atoms in total. The van der Waals surface area contributed by atoms with Gasteiger partial charge >= 0.3 is 0 Å². The third-order valence-corrected chi connectivity index (χ3v) is 3.30. The Morgan fingerprint density at radius 2 is 2.44 bits per heavy atom. The van der Waals surface area contributed by atoms with Crippen LogP contribution < -0.4 is 4.90 Å². The fraction of sp³-hybridized carbons (Fsp3) is 0.583. The average molecular weight is 285 g/mol. The number of likely N-dealkylation sites (N-methyl/N-ethyl adjacent to an activating group) is 1. The minimum Gasteiger partial charge on any atom is -0.376 e.